The van der Waals surface area contributed by atoms with Gasteiger partial charge < -0.3 is 0 Å². The second-order valence-corrected chi connectivity index (χ2v) is 9.76. The number of rotatable bonds is 7. The number of Topliss-reactive ketones (excluding diaryl/α,β-unsaturated/α-hetero) is 1. The quantitative estimate of drug-likeness (QED) is 0.647. The van der Waals surface area contributed by atoms with Gasteiger partial charge in [-0.15, -0.1) is 11.8 Å². The van der Waals surface area contributed by atoms with Gasteiger partial charge in [0.05, 0.1) is 10.6 Å². The van der Waals surface area contributed by atoms with E-state index < -0.39 is 10.0 Å². The first-order valence-electron chi connectivity index (χ1n) is 9.24. The second kappa shape index (κ2) is 9.04. The van der Waals surface area contributed by atoms with Crippen LogP contribution in [-0.4, -0.2) is 37.3 Å². The Kier molecular flexibility index (Phi) is 6.73. The number of benzene rings is 2. The van der Waals surface area contributed by atoms with Crippen molar-refractivity contribution in [2.24, 2.45) is 0 Å². The molecule has 2 aromatic rings. The van der Waals surface area contributed by atoms with Gasteiger partial charge in [-0.05, 0) is 43.0 Å². The van der Waals surface area contributed by atoms with Crippen LogP contribution >= 0.6 is 11.8 Å². The number of nitrogens with zero attached hydrogens (tertiary/aromatic N) is 1. The summed E-state index contributed by atoms with van der Waals surface area (Å²) in [4.78, 5) is 12.7. The highest BCUT2D eigenvalue weighted by molar-refractivity contribution is 7.99. The molecule has 0 aromatic heterocycles. The second-order valence-electron chi connectivity index (χ2n) is 6.83. The average molecular weight is 404 g/mol. The number of carbonyl (C=O) groups excluding carboxylic acids is 1. The number of thioether (sulfide) groups is 1. The maximum Gasteiger partial charge on any atom is 0.243 e. The van der Waals surface area contributed by atoms with Crippen LogP contribution in [0.2, 0.25) is 0 Å². The number of aryl methyl sites for hydroxylation is 1. The van der Waals surface area contributed by atoms with Gasteiger partial charge in [-0.2, -0.15) is 4.31 Å². The summed E-state index contributed by atoms with van der Waals surface area (Å²) in [6.07, 6.45) is 2.90. The Morgan fingerprint density at radius 2 is 1.67 bits per heavy atom. The molecule has 0 radical (unpaired) electrons. The Morgan fingerprint density at radius 3 is 2.33 bits per heavy atom. The fourth-order valence-electron chi connectivity index (χ4n) is 3.18. The molecule has 1 saturated heterocycles. The predicted molar refractivity (Wildman–Crippen MR) is 111 cm³/mol. The zero-order valence-electron chi connectivity index (χ0n) is 15.6. The molecule has 3 rings (SSSR count). The van der Waals surface area contributed by atoms with Crippen LogP contribution in [0.15, 0.2) is 53.4 Å². The van der Waals surface area contributed by atoms with Crippen LogP contribution in [0.3, 0.4) is 0 Å². The highest BCUT2D eigenvalue weighted by Gasteiger charge is 2.25. The highest BCUT2D eigenvalue weighted by atomic mass is 32.2. The van der Waals surface area contributed by atoms with E-state index in [0.29, 0.717) is 24.4 Å². The van der Waals surface area contributed by atoms with Crippen molar-refractivity contribution in [2.45, 2.75) is 36.8 Å². The standard InChI is InChI=1S/C21H25NO3S2/c1-17-7-3-4-8-19(17)15-26-16-21(23)18-9-11-20(12-10-18)27(24,25)22-13-5-2-6-14-22/h3-4,7-12H,2,5-6,13-16H2,1H3. The molecule has 1 aliphatic heterocycles. The van der Waals surface area contributed by atoms with Gasteiger partial charge in [-0.25, -0.2) is 8.42 Å². The maximum atomic E-state index is 12.7. The maximum absolute atomic E-state index is 12.7. The Morgan fingerprint density at radius 1 is 1.00 bits per heavy atom. The predicted octanol–water partition coefficient (Wildman–Crippen LogP) is 4.29. The molecule has 144 valence electrons. The van der Waals surface area contributed by atoms with E-state index >= 15 is 0 Å². The molecule has 2 aromatic carbocycles. The summed E-state index contributed by atoms with van der Waals surface area (Å²) in [5.74, 6) is 1.20. The smallest absolute Gasteiger partial charge is 0.243 e. The molecule has 6 heteroatoms. The van der Waals surface area contributed by atoms with Crippen LogP contribution in [0.5, 0.6) is 0 Å². The zero-order valence-corrected chi connectivity index (χ0v) is 17.2. The monoisotopic (exact) mass is 403 g/mol. The molecule has 1 heterocycles. The molecule has 0 amide bonds. The van der Waals surface area contributed by atoms with Crippen molar-refractivity contribution in [1.82, 2.24) is 4.31 Å². The molecular formula is C21H25NO3S2. The van der Waals surface area contributed by atoms with Crippen LogP contribution < -0.4 is 0 Å². The lowest BCUT2D eigenvalue weighted by molar-refractivity contribution is 0.102. The van der Waals surface area contributed by atoms with E-state index in [2.05, 4.69) is 19.1 Å². The summed E-state index contributed by atoms with van der Waals surface area (Å²) in [5.41, 5.74) is 3.02. The van der Waals surface area contributed by atoms with E-state index in [4.69, 9.17) is 0 Å². The Hall–Kier alpha value is -1.63. The summed E-state index contributed by atoms with van der Waals surface area (Å²) in [5, 5.41) is 0. The van der Waals surface area contributed by atoms with Crippen molar-refractivity contribution >= 4 is 27.6 Å². The van der Waals surface area contributed by atoms with Crippen molar-refractivity contribution in [3.8, 4) is 0 Å². The molecule has 0 unspecified atom stereocenters. The Balaban J connectivity index is 1.59. The van der Waals surface area contributed by atoms with Crippen molar-refractivity contribution in [3.63, 3.8) is 0 Å². The third-order valence-electron chi connectivity index (χ3n) is 4.88. The molecule has 1 fully saturated rings. The highest BCUT2D eigenvalue weighted by Crippen LogP contribution is 2.22. The molecule has 0 spiro atoms. The van der Waals surface area contributed by atoms with Gasteiger partial charge in [0.15, 0.2) is 5.78 Å². The van der Waals surface area contributed by atoms with Crippen molar-refractivity contribution < 1.29 is 13.2 Å². The van der Waals surface area contributed by atoms with E-state index in [0.717, 1.165) is 25.0 Å². The lowest BCUT2D eigenvalue weighted by atomic mass is 10.1. The first kappa shape index (κ1) is 20.1. The number of carbonyl (C=O) groups is 1. The van der Waals surface area contributed by atoms with Crippen LogP contribution in [0, 0.1) is 6.92 Å². The SMILES string of the molecule is Cc1ccccc1CSCC(=O)c1ccc(S(=O)(=O)N2CCCCC2)cc1. The molecule has 0 bridgehead atoms. The minimum atomic E-state index is -3.45. The average Bonchev–Trinajstić information content (AvgIpc) is 2.70. The van der Waals surface area contributed by atoms with Crippen LogP contribution in [0.4, 0.5) is 0 Å². The summed E-state index contributed by atoms with van der Waals surface area (Å²) >= 11 is 1.58. The lowest BCUT2D eigenvalue weighted by Crippen LogP contribution is -2.35. The number of ketones is 1. The first-order chi connectivity index (χ1) is 13.0. The van der Waals surface area contributed by atoms with Gasteiger partial charge in [-0.1, -0.05) is 42.8 Å². The minimum absolute atomic E-state index is 0.0236. The molecule has 27 heavy (non-hydrogen) atoms. The molecular weight excluding hydrogens is 378 g/mol. The van der Waals surface area contributed by atoms with Crippen molar-refractivity contribution in [3.05, 3.63) is 65.2 Å². The lowest BCUT2D eigenvalue weighted by Gasteiger charge is -2.25. The zero-order chi connectivity index (χ0) is 19.3. The number of hydrogen-bond donors (Lipinski definition) is 0. The number of piperidine rings is 1. The van der Waals surface area contributed by atoms with Gasteiger partial charge in [-0.3, -0.25) is 4.79 Å². The summed E-state index contributed by atoms with van der Waals surface area (Å²) in [6.45, 7) is 3.23. The first-order valence-corrected chi connectivity index (χ1v) is 11.8. The fraction of sp³-hybridized carbons (Fsp3) is 0.381. The molecule has 1 aliphatic rings. The Labute approximate surface area is 166 Å². The number of hydrogen-bond acceptors (Lipinski definition) is 4. The molecule has 0 atom stereocenters. The largest absolute Gasteiger partial charge is 0.293 e. The molecule has 0 saturated carbocycles. The molecule has 0 aliphatic carbocycles. The van der Waals surface area contributed by atoms with E-state index in [1.54, 1.807) is 40.3 Å². The summed E-state index contributed by atoms with van der Waals surface area (Å²) in [6, 6.07) is 14.5. The summed E-state index contributed by atoms with van der Waals surface area (Å²) < 4.78 is 26.9. The summed E-state index contributed by atoms with van der Waals surface area (Å²) in [7, 11) is -3.45. The van der Waals surface area contributed by atoms with Gasteiger partial charge in [0, 0.05) is 24.4 Å². The number of sulfonamides is 1. The van der Waals surface area contributed by atoms with E-state index in [1.165, 1.54) is 11.1 Å². The van der Waals surface area contributed by atoms with Crippen molar-refractivity contribution in [1.29, 1.82) is 0 Å². The molecule has 0 N–H and O–H groups in total. The van der Waals surface area contributed by atoms with E-state index in [1.807, 2.05) is 12.1 Å². The van der Waals surface area contributed by atoms with Crippen LogP contribution in [0.25, 0.3) is 0 Å². The fourth-order valence-corrected chi connectivity index (χ4v) is 5.69. The van der Waals surface area contributed by atoms with Gasteiger partial charge in [0.2, 0.25) is 10.0 Å². The van der Waals surface area contributed by atoms with Crippen LogP contribution in [0.1, 0.15) is 40.7 Å². The van der Waals surface area contributed by atoms with Gasteiger partial charge >= 0.3 is 0 Å². The van der Waals surface area contributed by atoms with Crippen molar-refractivity contribution in [2.75, 3.05) is 18.8 Å². The van der Waals surface area contributed by atoms with Gasteiger partial charge in [0.1, 0.15) is 0 Å². The third-order valence-corrected chi connectivity index (χ3v) is 7.78. The van der Waals surface area contributed by atoms with E-state index in [9.17, 15) is 13.2 Å². The Bertz CT molecular complexity index is 886. The minimum Gasteiger partial charge on any atom is -0.293 e. The third kappa shape index (κ3) is 5.00. The topological polar surface area (TPSA) is 54.5 Å². The van der Waals surface area contributed by atoms with Gasteiger partial charge in [0.25, 0.3) is 0 Å². The molecule has 4 nitrogen and oxygen atoms in total. The van der Waals surface area contributed by atoms with E-state index in [-0.39, 0.29) is 10.7 Å². The normalized spacial score (nSPS) is 15.6. The van der Waals surface area contributed by atoms with Crippen LogP contribution in [-0.2, 0) is 15.8 Å².